The average molecular weight is 450 g/mol. The number of benzene rings is 1. The molecule has 1 aromatic rings. The summed E-state index contributed by atoms with van der Waals surface area (Å²) in [5, 5.41) is 10.0. The van der Waals surface area contributed by atoms with Crippen molar-refractivity contribution in [1.29, 1.82) is 0 Å². The topological polar surface area (TPSA) is 85.3 Å². The number of rotatable bonds is 6. The van der Waals surface area contributed by atoms with E-state index in [1.807, 2.05) is 13.8 Å². The van der Waals surface area contributed by atoms with E-state index < -0.39 is 6.04 Å². The Bertz CT molecular complexity index is 915. The molecule has 0 radical (unpaired) electrons. The normalized spacial score (nSPS) is 30.2. The number of hydrogen-bond acceptors (Lipinski definition) is 6. The lowest BCUT2D eigenvalue weighted by Gasteiger charge is -2.40. The summed E-state index contributed by atoms with van der Waals surface area (Å²) in [5.41, 5.74) is 1.05. The largest absolute Gasteiger partial charge is 0.504 e. The third-order valence-corrected chi connectivity index (χ3v) is 7.05. The number of Topliss-reactive ketones (excluding diaryl/α,β-unsaturated/α-hetero) is 1. The molecule has 5 unspecified atom stereocenters. The zero-order chi connectivity index (χ0) is 22.3. The lowest BCUT2D eigenvalue weighted by atomic mass is 9.74. The first-order valence-corrected chi connectivity index (χ1v) is 11.2. The summed E-state index contributed by atoms with van der Waals surface area (Å²) in [7, 11) is 1.56. The fourth-order valence-corrected chi connectivity index (χ4v) is 5.10. The molecule has 5 atom stereocenters. The molecule has 1 saturated carbocycles. The molecule has 1 fully saturated rings. The van der Waals surface area contributed by atoms with Gasteiger partial charge in [-0.15, -0.1) is 11.6 Å². The summed E-state index contributed by atoms with van der Waals surface area (Å²) < 4.78 is 16.9. The van der Waals surface area contributed by atoms with Crippen LogP contribution in [0.15, 0.2) is 29.5 Å². The molecule has 1 aromatic carbocycles. The Morgan fingerprint density at radius 1 is 1.29 bits per heavy atom. The number of nitrogens with zero attached hydrogens (tertiary/aromatic N) is 1. The van der Waals surface area contributed by atoms with Gasteiger partial charge in [-0.25, -0.2) is 0 Å². The summed E-state index contributed by atoms with van der Waals surface area (Å²) in [6.45, 7) is 4.87. The lowest BCUT2D eigenvalue weighted by molar-refractivity contribution is -0.136. The van der Waals surface area contributed by atoms with E-state index in [0.717, 1.165) is 0 Å². The van der Waals surface area contributed by atoms with Crippen LogP contribution in [0, 0.1) is 11.8 Å². The smallest absolute Gasteiger partial charge is 0.290 e. The summed E-state index contributed by atoms with van der Waals surface area (Å²) in [4.78, 5) is 28.5. The Morgan fingerprint density at radius 3 is 2.77 bits per heavy atom. The van der Waals surface area contributed by atoms with E-state index in [0.29, 0.717) is 49.5 Å². The molecule has 2 aliphatic heterocycles. The van der Waals surface area contributed by atoms with Gasteiger partial charge in [0.15, 0.2) is 23.0 Å². The monoisotopic (exact) mass is 449 g/mol. The van der Waals surface area contributed by atoms with Crippen molar-refractivity contribution in [3.05, 3.63) is 35.1 Å². The van der Waals surface area contributed by atoms with Gasteiger partial charge >= 0.3 is 0 Å². The zero-order valence-corrected chi connectivity index (χ0v) is 18.7. The van der Waals surface area contributed by atoms with Crippen LogP contribution in [-0.4, -0.2) is 60.0 Å². The van der Waals surface area contributed by atoms with Crippen molar-refractivity contribution < 1.29 is 28.9 Å². The van der Waals surface area contributed by atoms with Crippen LogP contribution < -0.4 is 4.74 Å². The number of phenols is 1. The van der Waals surface area contributed by atoms with Crippen molar-refractivity contribution in [2.75, 3.05) is 26.9 Å². The van der Waals surface area contributed by atoms with E-state index in [2.05, 4.69) is 0 Å². The minimum atomic E-state index is -0.626. The molecule has 2 heterocycles. The second kappa shape index (κ2) is 8.71. The molecule has 1 amide bonds. The molecule has 1 aliphatic carbocycles. The number of carbonyl (C=O) groups excluding carboxylic acids is 2. The molecule has 168 valence electrons. The Morgan fingerprint density at radius 2 is 2.06 bits per heavy atom. The molecule has 0 saturated heterocycles. The first kappa shape index (κ1) is 22.0. The van der Waals surface area contributed by atoms with Crippen LogP contribution >= 0.6 is 11.6 Å². The quantitative estimate of drug-likeness (QED) is 0.671. The third kappa shape index (κ3) is 3.78. The third-order valence-electron chi connectivity index (χ3n) is 6.44. The molecule has 0 aromatic heterocycles. The van der Waals surface area contributed by atoms with Crippen LogP contribution in [0.4, 0.5) is 0 Å². The fraction of sp³-hybridized carbons (Fsp3) is 0.565. The van der Waals surface area contributed by atoms with Gasteiger partial charge < -0.3 is 24.2 Å². The van der Waals surface area contributed by atoms with Crippen LogP contribution in [0.5, 0.6) is 11.5 Å². The highest BCUT2D eigenvalue weighted by atomic mass is 35.5. The summed E-state index contributed by atoms with van der Waals surface area (Å²) in [5.74, 6) is -0.0888. The van der Waals surface area contributed by atoms with E-state index in [1.165, 1.54) is 6.07 Å². The van der Waals surface area contributed by atoms with E-state index in [1.54, 1.807) is 24.1 Å². The lowest BCUT2D eigenvalue weighted by Crippen LogP contribution is -2.44. The van der Waals surface area contributed by atoms with Gasteiger partial charge in [-0.05, 0) is 43.4 Å². The van der Waals surface area contributed by atoms with Crippen molar-refractivity contribution in [3.63, 3.8) is 0 Å². The standard InChI is InChI=1S/C23H28ClNO6/c1-4-30-18-10-13(5-6-16(18)26)20-19-21(27)14-11-15(24)12(2)9-17(14)31-22(19)23(28)25(20)7-8-29-3/h5-6,10,12,14-15,17,20,26H,4,7-9,11H2,1-3H3. The number of aromatic hydroxyl groups is 1. The number of ether oxygens (including phenoxy) is 3. The highest BCUT2D eigenvalue weighted by Gasteiger charge is 2.53. The molecule has 0 spiro atoms. The molecule has 3 aliphatic rings. The predicted molar refractivity (Wildman–Crippen MR) is 114 cm³/mol. The van der Waals surface area contributed by atoms with Crippen molar-refractivity contribution >= 4 is 23.3 Å². The number of carbonyl (C=O) groups is 2. The fourth-order valence-electron chi connectivity index (χ4n) is 4.80. The second-order valence-corrected chi connectivity index (χ2v) is 8.95. The summed E-state index contributed by atoms with van der Waals surface area (Å²) in [6.07, 6.45) is 0.842. The van der Waals surface area contributed by atoms with Gasteiger partial charge in [-0.1, -0.05) is 13.0 Å². The molecule has 7 nitrogen and oxygen atoms in total. The van der Waals surface area contributed by atoms with Crippen molar-refractivity contribution in [3.8, 4) is 11.5 Å². The number of alkyl halides is 1. The van der Waals surface area contributed by atoms with Gasteiger partial charge in [0.2, 0.25) is 0 Å². The summed E-state index contributed by atoms with van der Waals surface area (Å²) >= 11 is 6.49. The number of fused-ring (bicyclic) bond motifs is 1. The van der Waals surface area contributed by atoms with E-state index in [4.69, 9.17) is 25.8 Å². The predicted octanol–water partition coefficient (Wildman–Crippen LogP) is 3.20. The number of hydrogen-bond donors (Lipinski definition) is 1. The van der Waals surface area contributed by atoms with E-state index >= 15 is 0 Å². The SMILES string of the molecule is CCOc1cc(C2C3=C(OC4CC(C)C(Cl)CC4C3=O)C(=O)N2CCOC)ccc1O. The minimum Gasteiger partial charge on any atom is -0.504 e. The number of ketones is 1. The van der Waals surface area contributed by atoms with Gasteiger partial charge in [-0.3, -0.25) is 9.59 Å². The molecular formula is C23H28ClNO6. The highest BCUT2D eigenvalue weighted by molar-refractivity contribution is 6.21. The number of halogens is 1. The Hall–Kier alpha value is -2.25. The maximum absolute atomic E-state index is 13.6. The second-order valence-electron chi connectivity index (χ2n) is 8.39. The maximum atomic E-state index is 13.6. The van der Waals surface area contributed by atoms with Gasteiger partial charge in [0, 0.05) is 19.0 Å². The minimum absolute atomic E-state index is 0.00472. The Balaban J connectivity index is 1.77. The van der Waals surface area contributed by atoms with E-state index in [-0.39, 0.29) is 46.5 Å². The Labute approximate surface area is 186 Å². The zero-order valence-electron chi connectivity index (χ0n) is 18.0. The highest BCUT2D eigenvalue weighted by Crippen LogP contribution is 2.48. The van der Waals surface area contributed by atoms with Crippen molar-refractivity contribution in [1.82, 2.24) is 4.90 Å². The average Bonchev–Trinajstić information content (AvgIpc) is 3.02. The molecule has 4 rings (SSSR count). The van der Waals surface area contributed by atoms with Crippen LogP contribution in [-0.2, 0) is 19.1 Å². The number of phenolic OH excluding ortho intramolecular Hbond substituents is 1. The molecule has 1 N–H and O–H groups in total. The van der Waals surface area contributed by atoms with Gasteiger partial charge in [0.25, 0.3) is 5.91 Å². The first-order chi connectivity index (χ1) is 14.9. The van der Waals surface area contributed by atoms with Crippen LogP contribution in [0.2, 0.25) is 0 Å². The number of amides is 1. The van der Waals surface area contributed by atoms with Gasteiger partial charge in [0.05, 0.1) is 30.7 Å². The van der Waals surface area contributed by atoms with Crippen molar-refractivity contribution in [2.45, 2.75) is 44.2 Å². The van der Waals surface area contributed by atoms with E-state index in [9.17, 15) is 14.7 Å². The molecule has 31 heavy (non-hydrogen) atoms. The number of methoxy groups -OCH3 is 1. The van der Waals surface area contributed by atoms with Gasteiger partial charge in [-0.2, -0.15) is 0 Å². The van der Waals surface area contributed by atoms with Gasteiger partial charge in [0.1, 0.15) is 6.10 Å². The van der Waals surface area contributed by atoms with Crippen LogP contribution in [0.3, 0.4) is 0 Å². The van der Waals surface area contributed by atoms with Crippen molar-refractivity contribution in [2.24, 2.45) is 11.8 Å². The molecule has 8 heteroatoms. The van der Waals surface area contributed by atoms with Crippen LogP contribution in [0.25, 0.3) is 0 Å². The molecule has 0 bridgehead atoms. The van der Waals surface area contributed by atoms with Crippen LogP contribution in [0.1, 0.15) is 38.3 Å². The summed E-state index contributed by atoms with van der Waals surface area (Å²) in [6, 6.07) is 4.28. The Kier molecular flexibility index (Phi) is 6.17. The first-order valence-electron chi connectivity index (χ1n) is 10.7. The molecular weight excluding hydrogens is 422 g/mol. The maximum Gasteiger partial charge on any atom is 0.290 e.